The molecule has 0 radical (unpaired) electrons. The van der Waals surface area contributed by atoms with Crippen molar-refractivity contribution < 1.29 is 4.74 Å². The number of rotatable bonds is 5. The summed E-state index contributed by atoms with van der Waals surface area (Å²) >= 11 is 0. The number of likely N-dealkylation sites (N-methyl/N-ethyl adjacent to an activating group) is 1. The van der Waals surface area contributed by atoms with E-state index in [9.17, 15) is 0 Å². The molecule has 1 fully saturated rings. The van der Waals surface area contributed by atoms with Gasteiger partial charge in [0.05, 0.1) is 24.9 Å². The molecular weight excluding hydrogens is 292 g/mol. The van der Waals surface area contributed by atoms with Crippen molar-refractivity contribution in [1.82, 2.24) is 25.3 Å². The van der Waals surface area contributed by atoms with Gasteiger partial charge in [-0.15, -0.1) is 0 Å². The third-order valence-corrected chi connectivity index (χ3v) is 4.24. The molecule has 0 aliphatic carbocycles. The maximum absolute atomic E-state index is 5.78. The van der Waals surface area contributed by atoms with Crippen LogP contribution in [0.3, 0.4) is 0 Å². The SMILES string of the molecule is CCNC(=NCc1c(C)nn(C)c1C)NCC1CN(C)CCO1. The molecule has 2 rings (SSSR count). The van der Waals surface area contributed by atoms with Crippen molar-refractivity contribution in [3.8, 4) is 0 Å². The zero-order chi connectivity index (χ0) is 16.8. The molecular formula is C16H30N6O. The summed E-state index contributed by atoms with van der Waals surface area (Å²) in [4.78, 5) is 6.99. The lowest BCUT2D eigenvalue weighted by atomic mass is 10.2. The van der Waals surface area contributed by atoms with Gasteiger partial charge in [0, 0.05) is 44.5 Å². The van der Waals surface area contributed by atoms with Crippen molar-refractivity contribution in [2.24, 2.45) is 12.0 Å². The molecule has 7 nitrogen and oxygen atoms in total. The number of ether oxygens (including phenoxy) is 1. The summed E-state index contributed by atoms with van der Waals surface area (Å²) < 4.78 is 7.69. The number of aliphatic imine (C=N–C) groups is 1. The van der Waals surface area contributed by atoms with E-state index in [1.165, 1.54) is 11.3 Å². The van der Waals surface area contributed by atoms with Crippen LogP contribution in [0, 0.1) is 13.8 Å². The number of aryl methyl sites for hydroxylation is 2. The number of aromatic nitrogens is 2. The predicted molar refractivity (Wildman–Crippen MR) is 92.7 cm³/mol. The van der Waals surface area contributed by atoms with E-state index in [0.717, 1.165) is 44.4 Å². The zero-order valence-corrected chi connectivity index (χ0v) is 15.0. The Kier molecular flexibility index (Phi) is 6.41. The Morgan fingerprint density at radius 2 is 2.13 bits per heavy atom. The zero-order valence-electron chi connectivity index (χ0n) is 15.0. The first-order chi connectivity index (χ1) is 11.0. The average molecular weight is 322 g/mol. The molecule has 0 bridgehead atoms. The minimum Gasteiger partial charge on any atom is -0.374 e. The fraction of sp³-hybridized carbons (Fsp3) is 0.750. The number of guanidine groups is 1. The Balaban J connectivity index is 1.94. The average Bonchev–Trinajstić information content (AvgIpc) is 2.75. The lowest BCUT2D eigenvalue weighted by molar-refractivity contribution is -0.0161. The molecule has 0 spiro atoms. The summed E-state index contributed by atoms with van der Waals surface area (Å²) in [6, 6.07) is 0. The topological polar surface area (TPSA) is 66.7 Å². The Morgan fingerprint density at radius 1 is 1.35 bits per heavy atom. The van der Waals surface area contributed by atoms with E-state index < -0.39 is 0 Å². The second-order valence-corrected chi connectivity index (χ2v) is 6.10. The molecule has 1 aromatic rings. The van der Waals surface area contributed by atoms with Crippen LogP contribution in [-0.2, 0) is 18.3 Å². The van der Waals surface area contributed by atoms with E-state index in [4.69, 9.17) is 9.73 Å². The Hall–Kier alpha value is -1.60. The second kappa shape index (κ2) is 8.31. The molecule has 1 aliphatic heterocycles. The van der Waals surface area contributed by atoms with Gasteiger partial charge in [-0.2, -0.15) is 5.10 Å². The highest BCUT2D eigenvalue weighted by Crippen LogP contribution is 2.12. The van der Waals surface area contributed by atoms with Gasteiger partial charge >= 0.3 is 0 Å². The molecule has 0 aromatic carbocycles. The van der Waals surface area contributed by atoms with Gasteiger partial charge in [0.15, 0.2) is 5.96 Å². The lowest BCUT2D eigenvalue weighted by Gasteiger charge is -2.30. The summed E-state index contributed by atoms with van der Waals surface area (Å²) in [6.07, 6.45) is 0.208. The van der Waals surface area contributed by atoms with Gasteiger partial charge < -0.3 is 20.3 Å². The van der Waals surface area contributed by atoms with Crippen LogP contribution in [0.2, 0.25) is 0 Å². The molecule has 1 aromatic heterocycles. The van der Waals surface area contributed by atoms with Crippen LogP contribution >= 0.6 is 0 Å². The van der Waals surface area contributed by atoms with E-state index in [2.05, 4.69) is 41.5 Å². The summed E-state index contributed by atoms with van der Waals surface area (Å²) in [5.41, 5.74) is 3.40. The van der Waals surface area contributed by atoms with Gasteiger partial charge in [0.25, 0.3) is 0 Å². The van der Waals surface area contributed by atoms with Crippen LogP contribution in [0.25, 0.3) is 0 Å². The van der Waals surface area contributed by atoms with Crippen LogP contribution in [0.15, 0.2) is 4.99 Å². The van der Waals surface area contributed by atoms with Gasteiger partial charge in [-0.1, -0.05) is 0 Å². The Labute approximate surface area is 139 Å². The fourth-order valence-electron chi connectivity index (χ4n) is 2.75. The molecule has 1 unspecified atom stereocenters. The maximum Gasteiger partial charge on any atom is 0.191 e. The van der Waals surface area contributed by atoms with Crippen molar-refractivity contribution in [2.45, 2.75) is 33.4 Å². The molecule has 1 atom stereocenters. The van der Waals surface area contributed by atoms with Crippen molar-refractivity contribution in [2.75, 3.05) is 39.8 Å². The quantitative estimate of drug-likeness (QED) is 0.608. The van der Waals surface area contributed by atoms with Crippen molar-refractivity contribution in [1.29, 1.82) is 0 Å². The van der Waals surface area contributed by atoms with E-state index in [0.29, 0.717) is 6.54 Å². The molecule has 7 heteroatoms. The van der Waals surface area contributed by atoms with Crippen molar-refractivity contribution >= 4 is 5.96 Å². The summed E-state index contributed by atoms with van der Waals surface area (Å²) in [5.74, 6) is 0.826. The van der Waals surface area contributed by atoms with Gasteiger partial charge in [-0.05, 0) is 27.8 Å². The van der Waals surface area contributed by atoms with Crippen molar-refractivity contribution in [3.05, 3.63) is 17.0 Å². The minimum absolute atomic E-state index is 0.208. The standard InChI is InChI=1S/C16H30N6O/c1-6-17-16(18-9-14-11-21(4)7-8-23-14)19-10-15-12(2)20-22(5)13(15)3/h14H,6-11H2,1-5H3,(H2,17,18,19). The summed E-state index contributed by atoms with van der Waals surface area (Å²) in [7, 11) is 4.10. The van der Waals surface area contributed by atoms with Crippen LogP contribution in [0.4, 0.5) is 0 Å². The number of morpholine rings is 1. The Morgan fingerprint density at radius 3 is 2.74 bits per heavy atom. The van der Waals surface area contributed by atoms with E-state index in [1.807, 2.05) is 18.7 Å². The van der Waals surface area contributed by atoms with E-state index in [1.54, 1.807) is 0 Å². The molecule has 23 heavy (non-hydrogen) atoms. The van der Waals surface area contributed by atoms with E-state index >= 15 is 0 Å². The summed E-state index contributed by atoms with van der Waals surface area (Å²) in [5, 5.41) is 11.1. The number of hydrogen-bond acceptors (Lipinski definition) is 4. The van der Waals surface area contributed by atoms with Crippen molar-refractivity contribution in [3.63, 3.8) is 0 Å². The monoisotopic (exact) mass is 322 g/mol. The summed E-state index contributed by atoms with van der Waals surface area (Å²) in [6.45, 7) is 11.2. The van der Waals surface area contributed by atoms with Crippen LogP contribution in [0.5, 0.6) is 0 Å². The first-order valence-corrected chi connectivity index (χ1v) is 8.32. The first kappa shape index (κ1) is 17.7. The first-order valence-electron chi connectivity index (χ1n) is 8.32. The number of hydrogen-bond donors (Lipinski definition) is 2. The van der Waals surface area contributed by atoms with Crippen LogP contribution in [-0.4, -0.2) is 66.6 Å². The van der Waals surface area contributed by atoms with Gasteiger partial charge in [-0.25, -0.2) is 4.99 Å². The normalized spacial score (nSPS) is 19.9. The third-order valence-electron chi connectivity index (χ3n) is 4.24. The maximum atomic E-state index is 5.78. The molecule has 0 saturated carbocycles. The van der Waals surface area contributed by atoms with Gasteiger partial charge in [-0.3, -0.25) is 4.68 Å². The predicted octanol–water partition coefficient (Wildman–Crippen LogP) is 0.423. The highest BCUT2D eigenvalue weighted by atomic mass is 16.5. The molecule has 1 aliphatic rings. The molecule has 1 saturated heterocycles. The fourth-order valence-corrected chi connectivity index (χ4v) is 2.75. The lowest BCUT2D eigenvalue weighted by Crippen LogP contribution is -2.48. The molecule has 2 heterocycles. The van der Waals surface area contributed by atoms with Crippen LogP contribution in [0.1, 0.15) is 23.9 Å². The van der Waals surface area contributed by atoms with Gasteiger partial charge in [0.1, 0.15) is 0 Å². The smallest absolute Gasteiger partial charge is 0.191 e. The van der Waals surface area contributed by atoms with E-state index in [-0.39, 0.29) is 6.10 Å². The number of nitrogens with zero attached hydrogens (tertiary/aromatic N) is 4. The van der Waals surface area contributed by atoms with Gasteiger partial charge in [0.2, 0.25) is 0 Å². The van der Waals surface area contributed by atoms with Crippen LogP contribution < -0.4 is 10.6 Å². The highest BCUT2D eigenvalue weighted by Gasteiger charge is 2.17. The second-order valence-electron chi connectivity index (χ2n) is 6.10. The largest absolute Gasteiger partial charge is 0.374 e. The highest BCUT2D eigenvalue weighted by molar-refractivity contribution is 5.79. The number of nitrogens with one attached hydrogen (secondary N) is 2. The molecule has 0 amide bonds. The Bertz CT molecular complexity index is 539. The molecule has 130 valence electrons. The molecule has 2 N–H and O–H groups in total. The minimum atomic E-state index is 0.208. The third kappa shape index (κ3) is 4.94.